The molecule has 2 atom stereocenters. The summed E-state index contributed by atoms with van der Waals surface area (Å²) >= 11 is 0. The van der Waals surface area contributed by atoms with Crippen molar-refractivity contribution in [3.8, 4) is 28.7 Å². The van der Waals surface area contributed by atoms with Gasteiger partial charge in [-0.05, 0) is 43.2 Å². The third kappa shape index (κ3) is 4.20. The van der Waals surface area contributed by atoms with E-state index >= 15 is 0 Å². The Bertz CT molecular complexity index is 930. The molecule has 1 saturated heterocycles. The molecule has 3 rings (SSSR count). The van der Waals surface area contributed by atoms with Crippen molar-refractivity contribution < 1.29 is 33.6 Å². The number of nitrogens with zero attached hydrogens (tertiary/aromatic N) is 1. The Morgan fingerprint density at radius 2 is 1.58 bits per heavy atom. The summed E-state index contributed by atoms with van der Waals surface area (Å²) in [7, 11) is 7.83. The fourth-order valence-electron chi connectivity index (χ4n) is 4.28. The van der Waals surface area contributed by atoms with E-state index in [0.29, 0.717) is 41.7 Å². The Morgan fingerprint density at radius 1 is 0.903 bits per heavy atom. The van der Waals surface area contributed by atoms with E-state index in [1.807, 2.05) is 29.2 Å². The Morgan fingerprint density at radius 3 is 2.16 bits per heavy atom. The zero-order valence-corrected chi connectivity index (χ0v) is 18.5. The average molecular weight is 431 g/mol. The highest BCUT2D eigenvalue weighted by atomic mass is 16.5. The number of benzene rings is 2. The average Bonchev–Trinajstić information content (AvgIpc) is 3.28. The maximum absolute atomic E-state index is 12.1. The topological polar surface area (TPSA) is 86.7 Å². The molecule has 8 nitrogen and oxygen atoms in total. The van der Waals surface area contributed by atoms with E-state index < -0.39 is 18.1 Å². The minimum Gasteiger partial charge on any atom is -0.497 e. The summed E-state index contributed by atoms with van der Waals surface area (Å²) in [5, 5.41) is 9.89. The number of aliphatic carboxylic acids is 1. The first kappa shape index (κ1) is 22.6. The van der Waals surface area contributed by atoms with Gasteiger partial charge in [0.25, 0.3) is 0 Å². The van der Waals surface area contributed by atoms with Crippen LogP contribution in [0.25, 0.3) is 0 Å². The largest absolute Gasteiger partial charge is 0.497 e. The van der Waals surface area contributed by atoms with Crippen molar-refractivity contribution >= 4 is 5.97 Å². The SMILES string of the molecule is COc1ccc(OC)c(C(c2ccc(OC)c(OC)c2OC)N2CCCC2C(=O)O)c1. The van der Waals surface area contributed by atoms with Crippen LogP contribution in [0.3, 0.4) is 0 Å². The molecule has 31 heavy (non-hydrogen) atoms. The van der Waals surface area contributed by atoms with Gasteiger partial charge in [-0.1, -0.05) is 0 Å². The fraction of sp³-hybridized carbons (Fsp3) is 0.435. The Balaban J connectivity index is 2.30. The summed E-state index contributed by atoms with van der Waals surface area (Å²) < 4.78 is 27.9. The van der Waals surface area contributed by atoms with E-state index in [-0.39, 0.29) is 0 Å². The molecule has 0 radical (unpaired) electrons. The number of ether oxygens (including phenoxy) is 5. The number of carboxylic acids is 1. The standard InChI is InChI=1S/C23H29NO7/c1-27-14-8-10-18(28-2)16(13-14)20(24-12-6-7-17(24)23(25)26)15-9-11-19(29-3)22(31-5)21(15)30-4/h8-11,13,17,20H,6-7,12H2,1-5H3,(H,25,26). The molecule has 1 N–H and O–H groups in total. The first-order valence-electron chi connectivity index (χ1n) is 10.00. The summed E-state index contributed by atoms with van der Waals surface area (Å²) in [4.78, 5) is 14.0. The molecule has 1 aliphatic rings. The third-order valence-corrected chi connectivity index (χ3v) is 5.67. The molecule has 0 saturated carbocycles. The van der Waals surface area contributed by atoms with Gasteiger partial charge in [-0.25, -0.2) is 0 Å². The van der Waals surface area contributed by atoms with Crippen LogP contribution in [0.2, 0.25) is 0 Å². The van der Waals surface area contributed by atoms with Crippen LogP contribution in [0.4, 0.5) is 0 Å². The lowest BCUT2D eigenvalue weighted by Gasteiger charge is -2.34. The number of hydrogen-bond acceptors (Lipinski definition) is 7. The van der Waals surface area contributed by atoms with Crippen molar-refractivity contribution in [2.75, 3.05) is 42.1 Å². The number of hydrogen-bond donors (Lipinski definition) is 1. The molecule has 2 aromatic rings. The van der Waals surface area contributed by atoms with E-state index in [9.17, 15) is 9.90 Å². The molecule has 0 bridgehead atoms. The van der Waals surface area contributed by atoms with Crippen LogP contribution in [-0.2, 0) is 4.79 Å². The van der Waals surface area contributed by atoms with Gasteiger partial charge in [0.2, 0.25) is 5.75 Å². The number of carboxylic acid groups (broad SMARTS) is 1. The van der Waals surface area contributed by atoms with Crippen LogP contribution in [0, 0.1) is 0 Å². The van der Waals surface area contributed by atoms with Crippen molar-refractivity contribution in [2.24, 2.45) is 0 Å². The zero-order chi connectivity index (χ0) is 22.5. The summed E-state index contributed by atoms with van der Waals surface area (Å²) in [5.41, 5.74) is 1.53. The molecular weight excluding hydrogens is 402 g/mol. The molecule has 0 amide bonds. The van der Waals surface area contributed by atoms with Gasteiger partial charge in [0.15, 0.2) is 11.5 Å². The van der Waals surface area contributed by atoms with Gasteiger partial charge in [0.1, 0.15) is 17.5 Å². The van der Waals surface area contributed by atoms with Crippen LogP contribution in [0.5, 0.6) is 28.7 Å². The minimum atomic E-state index is -0.858. The predicted molar refractivity (Wildman–Crippen MR) is 115 cm³/mol. The van der Waals surface area contributed by atoms with Gasteiger partial charge in [0, 0.05) is 17.7 Å². The summed E-state index contributed by atoms with van der Waals surface area (Å²) in [6.45, 7) is 0.611. The van der Waals surface area contributed by atoms with E-state index in [0.717, 1.165) is 17.5 Å². The van der Waals surface area contributed by atoms with E-state index in [1.54, 1.807) is 41.6 Å². The van der Waals surface area contributed by atoms with Crippen LogP contribution >= 0.6 is 0 Å². The number of likely N-dealkylation sites (tertiary alicyclic amines) is 1. The maximum Gasteiger partial charge on any atom is 0.320 e. The predicted octanol–water partition coefficient (Wildman–Crippen LogP) is 3.37. The normalized spacial score (nSPS) is 17.1. The van der Waals surface area contributed by atoms with Crippen LogP contribution in [0.15, 0.2) is 30.3 Å². The first-order chi connectivity index (χ1) is 15.0. The maximum atomic E-state index is 12.1. The smallest absolute Gasteiger partial charge is 0.320 e. The van der Waals surface area contributed by atoms with Crippen molar-refractivity contribution in [1.29, 1.82) is 0 Å². The second-order valence-corrected chi connectivity index (χ2v) is 7.17. The molecule has 0 aliphatic carbocycles. The second-order valence-electron chi connectivity index (χ2n) is 7.17. The quantitative estimate of drug-likeness (QED) is 0.647. The Hall–Kier alpha value is -3.13. The zero-order valence-electron chi connectivity index (χ0n) is 18.5. The van der Waals surface area contributed by atoms with Crippen LogP contribution in [0.1, 0.15) is 30.0 Å². The van der Waals surface area contributed by atoms with Crippen LogP contribution in [-0.4, -0.2) is 64.1 Å². The molecule has 0 aromatic heterocycles. The first-order valence-corrected chi connectivity index (χ1v) is 10.00. The molecule has 1 fully saturated rings. The van der Waals surface area contributed by atoms with Crippen molar-refractivity contribution in [1.82, 2.24) is 4.90 Å². The van der Waals surface area contributed by atoms with E-state index in [2.05, 4.69) is 0 Å². The van der Waals surface area contributed by atoms with Gasteiger partial charge < -0.3 is 28.8 Å². The minimum absolute atomic E-state index is 0.445. The lowest BCUT2D eigenvalue weighted by Crippen LogP contribution is -2.39. The molecule has 2 unspecified atom stereocenters. The van der Waals surface area contributed by atoms with Crippen LogP contribution < -0.4 is 23.7 Å². The van der Waals surface area contributed by atoms with Crippen molar-refractivity contribution in [3.63, 3.8) is 0 Å². The lowest BCUT2D eigenvalue weighted by atomic mass is 9.93. The summed E-state index contributed by atoms with van der Waals surface area (Å²) in [6, 6.07) is 8.06. The van der Waals surface area contributed by atoms with Crippen molar-refractivity contribution in [3.05, 3.63) is 41.5 Å². The Kier molecular flexibility index (Phi) is 7.12. The Labute approximate surface area is 182 Å². The highest BCUT2D eigenvalue weighted by molar-refractivity contribution is 5.74. The molecular formula is C23H29NO7. The number of rotatable bonds is 9. The monoisotopic (exact) mass is 431 g/mol. The van der Waals surface area contributed by atoms with E-state index in [4.69, 9.17) is 23.7 Å². The van der Waals surface area contributed by atoms with Gasteiger partial charge in [-0.2, -0.15) is 0 Å². The number of methoxy groups -OCH3 is 5. The molecule has 8 heteroatoms. The molecule has 168 valence electrons. The van der Waals surface area contributed by atoms with E-state index in [1.165, 1.54) is 0 Å². The highest BCUT2D eigenvalue weighted by Gasteiger charge is 2.40. The third-order valence-electron chi connectivity index (χ3n) is 5.67. The van der Waals surface area contributed by atoms with Gasteiger partial charge in [0.05, 0.1) is 41.6 Å². The highest BCUT2D eigenvalue weighted by Crippen LogP contribution is 2.48. The van der Waals surface area contributed by atoms with Gasteiger partial charge >= 0.3 is 5.97 Å². The lowest BCUT2D eigenvalue weighted by molar-refractivity contribution is -0.142. The van der Waals surface area contributed by atoms with Gasteiger partial charge in [-0.3, -0.25) is 9.69 Å². The molecule has 0 spiro atoms. The molecule has 1 aliphatic heterocycles. The second kappa shape index (κ2) is 9.78. The van der Waals surface area contributed by atoms with Crippen molar-refractivity contribution in [2.45, 2.75) is 24.9 Å². The van der Waals surface area contributed by atoms with Gasteiger partial charge in [-0.15, -0.1) is 0 Å². The molecule has 1 heterocycles. The summed E-state index contributed by atoms with van der Waals surface area (Å²) in [5.74, 6) is 1.86. The molecule has 2 aromatic carbocycles. The summed E-state index contributed by atoms with van der Waals surface area (Å²) in [6.07, 6.45) is 1.34. The number of carbonyl (C=O) groups is 1. The fourth-order valence-corrected chi connectivity index (χ4v) is 4.28.